The van der Waals surface area contributed by atoms with Gasteiger partial charge in [-0.1, -0.05) is 0 Å². The molecule has 100 valence electrons. The van der Waals surface area contributed by atoms with E-state index in [1.807, 2.05) is 18.9 Å². The van der Waals surface area contributed by atoms with Gasteiger partial charge < -0.3 is 9.64 Å². The van der Waals surface area contributed by atoms with E-state index >= 15 is 0 Å². The smallest absolute Gasteiger partial charge is 0.328 e. The van der Waals surface area contributed by atoms with Crippen LogP contribution in [-0.4, -0.2) is 35.4 Å². The molecule has 6 heteroatoms. The summed E-state index contributed by atoms with van der Waals surface area (Å²) in [6.07, 6.45) is 1.37. The van der Waals surface area contributed by atoms with Crippen molar-refractivity contribution in [3.8, 4) is 0 Å². The fourth-order valence-electron chi connectivity index (χ4n) is 1.36. The quantitative estimate of drug-likeness (QED) is 0.721. The van der Waals surface area contributed by atoms with E-state index < -0.39 is 5.97 Å². The molecule has 0 saturated carbocycles. The highest BCUT2D eigenvalue weighted by Crippen LogP contribution is 2.05. The van der Waals surface area contributed by atoms with E-state index in [-0.39, 0.29) is 18.2 Å². The third-order valence-electron chi connectivity index (χ3n) is 2.42. The number of esters is 1. The van der Waals surface area contributed by atoms with Crippen molar-refractivity contribution in [2.75, 3.05) is 18.5 Å². The Kier molecular flexibility index (Phi) is 4.88. The van der Waals surface area contributed by atoms with Crippen molar-refractivity contribution in [1.82, 2.24) is 9.78 Å². The van der Waals surface area contributed by atoms with Crippen molar-refractivity contribution in [2.45, 2.75) is 33.4 Å². The van der Waals surface area contributed by atoms with Crippen LogP contribution in [0.15, 0.2) is 17.1 Å². The van der Waals surface area contributed by atoms with Gasteiger partial charge in [0.15, 0.2) is 0 Å². The summed E-state index contributed by atoms with van der Waals surface area (Å²) < 4.78 is 6.05. The molecule has 0 saturated heterocycles. The molecule has 0 N–H and O–H groups in total. The molecule has 0 aromatic carbocycles. The average molecular weight is 253 g/mol. The van der Waals surface area contributed by atoms with Gasteiger partial charge in [-0.2, -0.15) is 5.10 Å². The molecule has 0 aliphatic rings. The van der Waals surface area contributed by atoms with Crippen LogP contribution in [0.5, 0.6) is 0 Å². The normalized spacial score (nSPS) is 10.5. The Balaban J connectivity index is 2.80. The minimum Gasteiger partial charge on any atom is -0.462 e. The van der Waals surface area contributed by atoms with Gasteiger partial charge in [0, 0.05) is 19.7 Å². The van der Waals surface area contributed by atoms with Crippen molar-refractivity contribution in [1.29, 1.82) is 0 Å². The number of hydrogen-bond acceptors (Lipinski definition) is 5. The van der Waals surface area contributed by atoms with Crippen LogP contribution in [0.2, 0.25) is 0 Å². The Morgan fingerprint density at radius 1 is 1.56 bits per heavy atom. The van der Waals surface area contributed by atoms with Gasteiger partial charge in [-0.15, -0.1) is 0 Å². The Labute approximate surface area is 106 Å². The van der Waals surface area contributed by atoms with Crippen LogP contribution in [0.25, 0.3) is 0 Å². The first kappa shape index (κ1) is 14.2. The van der Waals surface area contributed by atoms with E-state index in [9.17, 15) is 9.59 Å². The van der Waals surface area contributed by atoms with Crippen LogP contribution < -0.4 is 10.5 Å². The highest BCUT2D eigenvalue weighted by atomic mass is 16.5. The number of carbonyl (C=O) groups excluding carboxylic acids is 1. The summed E-state index contributed by atoms with van der Waals surface area (Å²) in [6, 6.07) is 1.46. The number of nitrogens with zero attached hydrogens (tertiary/aromatic N) is 3. The second-order valence-electron chi connectivity index (χ2n) is 4.26. The third kappa shape index (κ3) is 3.87. The fraction of sp³-hybridized carbons (Fsp3) is 0.583. The van der Waals surface area contributed by atoms with Crippen LogP contribution in [0.4, 0.5) is 5.69 Å². The molecule has 6 nitrogen and oxygen atoms in total. The number of hydrogen-bond donors (Lipinski definition) is 0. The van der Waals surface area contributed by atoms with Gasteiger partial charge in [0.1, 0.15) is 6.54 Å². The number of ether oxygens (including phenoxy) is 1. The van der Waals surface area contributed by atoms with E-state index in [0.29, 0.717) is 0 Å². The standard InChI is InChI=1S/C12H19N3O3/c1-5-14(4)10-6-11(16)15(13-7-10)8-12(17)18-9(2)3/h6-7,9H,5,8H2,1-4H3. The van der Waals surface area contributed by atoms with Gasteiger partial charge in [0.2, 0.25) is 0 Å². The summed E-state index contributed by atoms with van der Waals surface area (Å²) in [5.74, 6) is -0.462. The molecule has 0 radical (unpaired) electrons. The molecule has 0 spiro atoms. The van der Waals surface area contributed by atoms with Crippen LogP contribution in [0.1, 0.15) is 20.8 Å². The molecule has 0 fully saturated rings. The first-order chi connectivity index (χ1) is 8.43. The summed E-state index contributed by atoms with van der Waals surface area (Å²) in [5, 5.41) is 3.96. The predicted octanol–water partition coefficient (Wildman–Crippen LogP) is 0.651. The van der Waals surface area contributed by atoms with Crippen molar-refractivity contribution in [3.63, 3.8) is 0 Å². The maximum absolute atomic E-state index is 11.7. The minimum absolute atomic E-state index is 0.160. The Morgan fingerprint density at radius 3 is 2.72 bits per heavy atom. The molecule has 0 unspecified atom stereocenters. The topological polar surface area (TPSA) is 64.4 Å². The lowest BCUT2D eigenvalue weighted by molar-refractivity contribution is -0.148. The number of carbonyl (C=O) groups is 1. The molecule has 1 aromatic rings. The van der Waals surface area contributed by atoms with Gasteiger partial charge >= 0.3 is 5.97 Å². The van der Waals surface area contributed by atoms with Crippen molar-refractivity contribution < 1.29 is 9.53 Å². The second kappa shape index (κ2) is 6.18. The van der Waals surface area contributed by atoms with Crippen LogP contribution in [0.3, 0.4) is 0 Å². The van der Waals surface area contributed by atoms with Gasteiger partial charge in [-0.3, -0.25) is 9.59 Å². The molecule has 0 amide bonds. The maximum Gasteiger partial charge on any atom is 0.328 e. The lowest BCUT2D eigenvalue weighted by atomic mass is 10.4. The van der Waals surface area contributed by atoms with E-state index in [0.717, 1.165) is 16.9 Å². The number of aromatic nitrogens is 2. The predicted molar refractivity (Wildman–Crippen MR) is 68.7 cm³/mol. The first-order valence-corrected chi connectivity index (χ1v) is 5.91. The zero-order valence-corrected chi connectivity index (χ0v) is 11.2. The lowest BCUT2D eigenvalue weighted by Crippen LogP contribution is -2.29. The Hall–Kier alpha value is -1.85. The highest BCUT2D eigenvalue weighted by molar-refractivity contribution is 5.69. The average Bonchev–Trinajstić information content (AvgIpc) is 2.29. The van der Waals surface area contributed by atoms with Crippen LogP contribution >= 0.6 is 0 Å². The Bertz CT molecular complexity index is 468. The van der Waals surface area contributed by atoms with Gasteiger partial charge in [0.05, 0.1) is 18.0 Å². The largest absolute Gasteiger partial charge is 0.462 e. The minimum atomic E-state index is -0.462. The summed E-state index contributed by atoms with van der Waals surface area (Å²) in [5.41, 5.74) is 0.421. The molecule has 0 aliphatic carbocycles. The fourth-order valence-corrected chi connectivity index (χ4v) is 1.36. The third-order valence-corrected chi connectivity index (χ3v) is 2.42. The van der Waals surface area contributed by atoms with E-state index in [1.165, 1.54) is 6.07 Å². The summed E-state index contributed by atoms with van der Waals surface area (Å²) in [7, 11) is 1.87. The van der Waals surface area contributed by atoms with E-state index in [2.05, 4.69) is 5.10 Å². The van der Waals surface area contributed by atoms with Crippen molar-refractivity contribution >= 4 is 11.7 Å². The van der Waals surface area contributed by atoms with Crippen molar-refractivity contribution in [3.05, 3.63) is 22.6 Å². The molecule has 1 heterocycles. The second-order valence-corrected chi connectivity index (χ2v) is 4.26. The van der Waals surface area contributed by atoms with Crippen LogP contribution in [0, 0.1) is 0 Å². The SMILES string of the molecule is CCN(C)c1cnn(CC(=O)OC(C)C)c(=O)c1. The van der Waals surface area contributed by atoms with Crippen LogP contribution in [-0.2, 0) is 16.1 Å². The van der Waals surface area contributed by atoms with E-state index in [1.54, 1.807) is 20.0 Å². The van der Waals surface area contributed by atoms with E-state index in [4.69, 9.17) is 4.74 Å². The molecule has 0 aliphatic heterocycles. The summed E-state index contributed by atoms with van der Waals surface area (Å²) in [4.78, 5) is 25.1. The first-order valence-electron chi connectivity index (χ1n) is 5.91. The summed E-state index contributed by atoms with van der Waals surface area (Å²) >= 11 is 0. The maximum atomic E-state index is 11.7. The van der Waals surface area contributed by atoms with Gasteiger partial charge in [0.25, 0.3) is 5.56 Å². The molecule has 1 rings (SSSR count). The molecule has 0 bridgehead atoms. The summed E-state index contributed by atoms with van der Waals surface area (Å²) in [6.45, 7) is 6.11. The zero-order chi connectivity index (χ0) is 13.7. The number of rotatable bonds is 5. The molecular weight excluding hydrogens is 234 g/mol. The molecular formula is C12H19N3O3. The number of anilines is 1. The highest BCUT2D eigenvalue weighted by Gasteiger charge is 2.09. The van der Waals surface area contributed by atoms with Gasteiger partial charge in [-0.05, 0) is 20.8 Å². The monoisotopic (exact) mass is 253 g/mol. The zero-order valence-electron chi connectivity index (χ0n) is 11.2. The molecule has 0 atom stereocenters. The molecule has 1 aromatic heterocycles. The lowest BCUT2D eigenvalue weighted by Gasteiger charge is -2.16. The Morgan fingerprint density at radius 2 is 2.22 bits per heavy atom. The van der Waals surface area contributed by atoms with Crippen molar-refractivity contribution in [2.24, 2.45) is 0 Å². The van der Waals surface area contributed by atoms with Gasteiger partial charge in [-0.25, -0.2) is 4.68 Å². The molecule has 18 heavy (non-hydrogen) atoms.